The van der Waals surface area contributed by atoms with Gasteiger partial charge in [-0.25, -0.2) is 0 Å². The van der Waals surface area contributed by atoms with E-state index in [0.717, 1.165) is 36.0 Å². The number of nitrogens with zero attached hydrogens (tertiary/aromatic N) is 2. The van der Waals surface area contributed by atoms with Gasteiger partial charge < -0.3 is 15.0 Å². The molecule has 2 fully saturated rings. The van der Waals surface area contributed by atoms with Crippen molar-refractivity contribution in [2.45, 2.75) is 50.7 Å². The lowest BCUT2D eigenvalue weighted by Crippen LogP contribution is -2.62. The van der Waals surface area contributed by atoms with Crippen molar-refractivity contribution in [1.29, 1.82) is 0 Å². The first-order valence-electron chi connectivity index (χ1n) is 10.8. The second kappa shape index (κ2) is 8.96. The number of rotatable bonds is 7. The third kappa shape index (κ3) is 4.70. The van der Waals surface area contributed by atoms with Crippen LogP contribution < -0.4 is 5.32 Å². The van der Waals surface area contributed by atoms with E-state index in [1.165, 1.54) is 0 Å². The van der Waals surface area contributed by atoms with Gasteiger partial charge >= 0.3 is 0 Å². The topological polar surface area (TPSA) is 71.5 Å². The SMILES string of the molecule is CCCC(=O)N1CCO[C@](Cc2cccc(-c3ccncc3)c2)(C(=O)NC2CC2)C1. The molecule has 1 saturated carbocycles. The molecule has 1 aromatic carbocycles. The molecular weight excluding hydrogens is 378 g/mol. The lowest BCUT2D eigenvalue weighted by Gasteiger charge is -2.42. The number of benzene rings is 1. The molecule has 0 radical (unpaired) electrons. The summed E-state index contributed by atoms with van der Waals surface area (Å²) in [6.07, 6.45) is 7.29. The highest BCUT2D eigenvalue weighted by atomic mass is 16.5. The van der Waals surface area contributed by atoms with Gasteiger partial charge in [0.2, 0.25) is 5.91 Å². The molecule has 1 aromatic heterocycles. The van der Waals surface area contributed by atoms with Crippen molar-refractivity contribution in [3.63, 3.8) is 0 Å². The van der Waals surface area contributed by atoms with Gasteiger partial charge in [-0.3, -0.25) is 14.6 Å². The Morgan fingerprint density at radius 1 is 1.20 bits per heavy atom. The maximum Gasteiger partial charge on any atom is 0.254 e. The Morgan fingerprint density at radius 3 is 2.73 bits per heavy atom. The number of nitrogens with one attached hydrogen (secondary N) is 1. The Kier molecular flexibility index (Phi) is 6.13. The molecule has 1 atom stereocenters. The molecular formula is C24H29N3O3. The van der Waals surface area contributed by atoms with Gasteiger partial charge in [-0.05, 0) is 48.1 Å². The van der Waals surface area contributed by atoms with Gasteiger partial charge in [0.25, 0.3) is 5.91 Å². The molecule has 1 aliphatic heterocycles. The third-order valence-corrected chi connectivity index (χ3v) is 5.76. The van der Waals surface area contributed by atoms with Crippen LogP contribution in [0, 0.1) is 0 Å². The molecule has 2 heterocycles. The van der Waals surface area contributed by atoms with E-state index in [9.17, 15) is 9.59 Å². The minimum atomic E-state index is -1.05. The summed E-state index contributed by atoms with van der Waals surface area (Å²) in [5.41, 5.74) is 2.11. The smallest absolute Gasteiger partial charge is 0.254 e. The number of carbonyl (C=O) groups excluding carboxylic acids is 2. The number of hydrogen-bond acceptors (Lipinski definition) is 4. The molecule has 158 valence electrons. The molecule has 4 rings (SSSR count). The molecule has 2 amide bonds. The zero-order valence-corrected chi connectivity index (χ0v) is 17.5. The van der Waals surface area contributed by atoms with Gasteiger partial charge in [-0.15, -0.1) is 0 Å². The first-order valence-corrected chi connectivity index (χ1v) is 10.8. The number of ether oxygens (including phenoxy) is 1. The van der Waals surface area contributed by atoms with Crippen LogP contribution in [0.25, 0.3) is 11.1 Å². The molecule has 6 nitrogen and oxygen atoms in total. The van der Waals surface area contributed by atoms with E-state index < -0.39 is 5.60 Å². The van der Waals surface area contributed by atoms with Gasteiger partial charge in [-0.2, -0.15) is 0 Å². The first-order chi connectivity index (χ1) is 14.6. The van der Waals surface area contributed by atoms with Crippen LogP contribution in [0.1, 0.15) is 38.2 Å². The molecule has 6 heteroatoms. The molecule has 2 aliphatic rings. The summed E-state index contributed by atoms with van der Waals surface area (Å²) in [4.78, 5) is 31.7. The van der Waals surface area contributed by atoms with E-state index in [2.05, 4.69) is 22.4 Å². The fraction of sp³-hybridized carbons (Fsp3) is 0.458. The summed E-state index contributed by atoms with van der Waals surface area (Å²) in [7, 11) is 0. The molecule has 0 bridgehead atoms. The summed E-state index contributed by atoms with van der Waals surface area (Å²) >= 11 is 0. The van der Waals surface area contributed by atoms with Crippen LogP contribution in [-0.2, 0) is 20.7 Å². The van der Waals surface area contributed by atoms with Crippen molar-refractivity contribution >= 4 is 11.8 Å². The summed E-state index contributed by atoms with van der Waals surface area (Å²) < 4.78 is 6.15. The molecule has 30 heavy (non-hydrogen) atoms. The van der Waals surface area contributed by atoms with E-state index in [-0.39, 0.29) is 17.9 Å². The maximum absolute atomic E-state index is 13.3. The van der Waals surface area contributed by atoms with Crippen LogP contribution in [0.2, 0.25) is 0 Å². The van der Waals surface area contributed by atoms with Crippen LogP contribution in [0.5, 0.6) is 0 Å². The normalized spacial score (nSPS) is 21.3. The minimum Gasteiger partial charge on any atom is -0.361 e. The molecule has 1 saturated heterocycles. The minimum absolute atomic E-state index is 0.0925. The number of hydrogen-bond donors (Lipinski definition) is 1. The second-order valence-corrected chi connectivity index (χ2v) is 8.27. The third-order valence-electron chi connectivity index (χ3n) is 5.76. The number of aromatic nitrogens is 1. The summed E-state index contributed by atoms with van der Waals surface area (Å²) in [5.74, 6) is -0.0109. The van der Waals surface area contributed by atoms with Gasteiger partial charge in [0, 0.05) is 37.8 Å². The lowest BCUT2D eigenvalue weighted by molar-refractivity contribution is -0.166. The summed E-state index contributed by atoms with van der Waals surface area (Å²) in [6.45, 7) is 3.20. The van der Waals surface area contributed by atoms with E-state index in [4.69, 9.17) is 4.74 Å². The zero-order chi connectivity index (χ0) is 21.0. The van der Waals surface area contributed by atoms with Crippen molar-refractivity contribution in [2.24, 2.45) is 0 Å². The highest BCUT2D eigenvalue weighted by Crippen LogP contribution is 2.29. The fourth-order valence-corrected chi connectivity index (χ4v) is 3.97. The van der Waals surface area contributed by atoms with Crippen LogP contribution in [0.15, 0.2) is 48.8 Å². The Labute approximate surface area is 177 Å². The van der Waals surface area contributed by atoms with E-state index in [0.29, 0.717) is 32.5 Å². The van der Waals surface area contributed by atoms with Crippen LogP contribution >= 0.6 is 0 Å². The Balaban J connectivity index is 1.60. The number of pyridine rings is 1. The quantitative estimate of drug-likeness (QED) is 0.766. The highest BCUT2D eigenvalue weighted by Gasteiger charge is 2.46. The van der Waals surface area contributed by atoms with Crippen LogP contribution in [0.4, 0.5) is 0 Å². The average molecular weight is 408 g/mol. The Hall–Kier alpha value is -2.73. The maximum atomic E-state index is 13.3. The van der Waals surface area contributed by atoms with Crippen molar-refractivity contribution in [2.75, 3.05) is 19.7 Å². The molecule has 1 aliphatic carbocycles. The summed E-state index contributed by atoms with van der Waals surface area (Å²) in [6, 6.07) is 12.3. The molecule has 1 N–H and O–H groups in total. The highest BCUT2D eigenvalue weighted by molar-refractivity contribution is 5.88. The van der Waals surface area contributed by atoms with E-state index in [1.54, 1.807) is 17.3 Å². The lowest BCUT2D eigenvalue weighted by atomic mass is 9.89. The van der Waals surface area contributed by atoms with Crippen molar-refractivity contribution in [1.82, 2.24) is 15.2 Å². The molecule has 0 unspecified atom stereocenters. The van der Waals surface area contributed by atoms with Crippen molar-refractivity contribution in [3.05, 3.63) is 54.4 Å². The largest absolute Gasteiger partial charge is 0.361 e. The van der Waals surface area contributed by atoms with Gasteiger partial charge in [0.15, 0.2) is 5.60 Å². The van der Waals surface area contributed by atoms with Crippen LogP contribution in [0.3, 0.4) is 0 Å². The second-order valence-electron chi connectivity index (χ2n) is 8.27. The number of carbonyl (C=O) groups is 2. The Morgan fingerprint density at radius 2 is 2.00 bits per heavy atom. The first kappa shape index (κ1) is 20.5. The predicted molar refractivity (Wildman–Crippen MR) is 115 cm³/mol. The average Bonchev–Trinajstić information content (AvgIpc) is 3.59. The number of amides is 2. The van der Waals surface area contributed by atoms with Gasteiger partial charge in [0.05, 0.1) is 13.2 Å². The van der Waals surface area contributed by atoms with Crippen molar-refractivity contribution < 1.29 is 14.3 Å². The van der Waals surface area contributed by atoms with E-state index in [1.807, 2.05) is 31.2 Å². The van der Waals surface area contributed by atoms with Crippen molar-refractivity contribution in [3.8, 4) is 11.1 Å². The fourth-order valence-electron chi connectivity index (χ4n) is 3.97. The monoisotopic (exact) mass is 407 g/mol. The standard InChI is InChI=1S/C24H29N3O3/c1-2-4-22(28)27-13-14-30-24(17-27,23(29)26-21-7-8-21)16-18-5-3-6-20(15-18)19-9-11-25-12-10-19/h3,5-6,9-12,15,21H,2,4,7-8,13-14,16-17H2,1H3,(H,26,29)/t24-/m0/s1. The molecule has 2 aromatic rings. The summed E-state index contributed by atoms with van der Waals surface area (Å²) in [5, 5.41) is 3.11. The molecule has 0 spiro atoms. The van der Waals surface area contributed by atoms with E-state index >= 15 is 0 Å². The van der Waals surface area contributed by atoms with Gasteiger partial charge in [0.1, 0.15) is 0 Å². The Bertz CT molecular complexity index is 898. The van der Waals surface area contributed by atoms with Gasteiger partial charge in [-0.1, -0.05) is 31.2 Å². The van der Waals surface area contributed by atoms with Crippen LogP contribution in [-0.4, -0.2) is 53.0 Å². The predicted octanol–water partition coefficient (Wildman–Crippen LogP) is 2.97. The zero-order valence-electron chi connectivity index (χ0n) is 17.5. The number of morpholine rings is 1.